The largest absolute Gasteiger partial charge is 0.489 e. The maximum Gasteiger partial charge on any atom is 0.251 e. The summed E-state index contributed by atoms with van der Waals surface area (Å²) in [4.78, 5) is 20.8. The monoisotopic (exact) mass is 602 g/mol. The zero-order chi connectivity index (χ0) is 30.8. The maximum atomic E-state index is 13.4. The molecule has 1 amide bonds. The Bertz CT molecular complexity index is 1440. The van der Waals surface area contributed by atoms with E-state index < -0.39 is 0 Å². The molecule has 2 atom stereocenters. The number of piperidine rings is 1. The molecule has 2 fully saturated rings. The molecular weight excluding hydrogens is 556 g/mol. The van der Waals surface area contributed by atoms with Gasteiger partial charge in [0.2, 0.25) is 0 Å². The Morgan fingerprint density at radius 1 is 0.778 bits per heavy atom. The van der Waals surface area contributed by atoms with Crippen molar-refractivity contribution in [1.82, 2.24) is 20.0 Å². The Balaban J connectivity index is 1.08. The summed E-state index contributed by atoms with van der Waals surface area (Å²) in [6, 6.07) is 40.0. The first-order chi connectivity index (χ1) is 22.1. The smallest absolute Gasteiger partial charge is 0.251 e. The normalized spacial score (nSPS) is 18.8. The van der Waals surface area contributed by atoms with Gasteiger partial charge in [-0.2, -0.15) is 0 Å². The molecule has 234 valence electrons. The number of carbonyl (C=O) groups is 1. The van der Waals surface area contributed by atoms with Gasteiger partial charge in [0.1, 0.15) is 11.9 Å². The van der Waals surface area contributed by atoms with Crippen LogP contribution in [-0.2, 0) is 0 Å². The molecule has 2 saturated heterocycles. The summed E-state index contributed by atoms with van der Waals surface area (Å²) in [5.74, 6) is 1.01. The third kappa shape index (κ3) is 8.40. The average molecular weight is 603 g/mol. The SMILES string of the molecule is CN1CCN(C(CNC(=O)c2cccc(OC3CCCN(CC(c4ccccc4)c4ccccc4)C3)c2)c2ccccc2)CC1. The fourth-order valence-electron chi connectivity index (χ4n) is 6.77. The first-order valence-electron chi connectivity index (χ1n) is 16.5. The van der Waals surface area contributed by atoms with Gasteiger partial charge in [0, 0.05) is 57.3 Å². The molecule has 45 heavy (non-hydrogen) atoms. The maximum absolute atomic E-state index is 13.4. The number of piperazine rings is 1. The zero-order valence-electron chi connectivity index (χ0n) is 26.4. The molecule has 2 aliphatic rings. The minimum atomic E-state index is -0.0608. The molecule has 2 heterocycles. The van der Waals surface area contributed by atoms with Crippen LogP contribution in [0, 0.1) is 0 Å². The predicted molar refractivity (Wildman–Crippen MR) is 182 cm³/mol. The number of likely N-dealkylation sites (N-methyl/N-ethyl adjacent to an activating group) is 1. The lowest BCUT2D eigenvalue weighted by Gasteiger charge is -2.38. The van der Waals surface area contributed by atoms with Gasteiger partial charge >= 0.3 is 0 Å². The van der Waals surface area contributed by atoms with E-state index in [1.54, 1.807) is 0 Å². The fraction of sp³-hybridized carbons (Fsp3) is 0.359. The summed E-state index contributed by atoms with van der Waals surface area (Å²) in [5, 5.41) is 3.24. The molecule has 0 aromatic heterocycles. The topological polar surface area (TPSA) is 48.1 Å². The van der Waals surface area contributed by atoms with E-state index >= 15 is 0 Å². The quantitative estimate of drug-likeness (QED) is 0.226. The van der Waals surface area contributed by atoms with Crippen LogP contribution in [0.5, 0.6) is 5.75 Å². The second kappa shape index (κ2) is 15.3. The summed E-state index contributed by atoms with van der Waals surface area (Å²) in [6.07, 6.45) is 2.19. The molecule has 6 heteroatoms. The lowest BCUT2D eigenvalue weighted by Crippen LogP contribution is -2.48. The van der Waals surface area contributed by atoms with Crippen LogP contribution in [0.15, 0.2) is 115 Å². The number of hydrogen-bond donors (Lipinski definition) is 1. The van der Waals surface area contributed by atoms with Crippen molar-refractivity contribution in [2.24, 2.45) is 0 Å². The second-order valence-electron chi connectivity index (χ2n) is 12.5. The lowest BCUT2D eigenvalue weighted by molar-refractivity contribution is 0.0853. The molecule has 0 aliphatic carbocycles. The van der Waals surface area contributed by atoms with Gasteiger partial charge in [-0.1, -0.05) is 97.1 Å². The number of benzene rings is 4. The summed E-state index contributed by atoms with van der Waals surface area (Å²) in [6.45, 7) is 7.51. The van der Waals surface area contributed by atoms with Crippen molar-refractivity contribution in [2.45, 2.75) is 30.9 Å². The van der Waals surface area contributed by atoms with Crippen molar-refractivity contribution in [3.8, 4) is 5.75 Å². The predicted octanol–water partition coefficient (Wildman–Crippen LogP) is 6.08. The standard InChI is InChI=1S/C39H46N4O2/c1-41-23-25-43(26-24-41)38(33-17-9-4-10-18-33)28-40-39(44)34-19-11-20-35(27-34)45-36-21-12-22-42(29-36)30-37(31-13-5-2-6-14-31)32-15-7-3-8-16-32/h2-11,13-20,27,36-38H,12,21-26,28-30H2,1H3,(H,40,44). The van der Waals surface area contributed by atoms with E-state index in [0.717, 1.165) is 64.4 Å². The Kier molecular flexibility index (Phi) is 10.6. The van der Waals surface area contributed by atoms with Crippen molar-refractivity contribution in [3.05, 3.63) is 138 Å². The molecule has 0 radical (unpaired) electrons. The number of likely N-dealkylation sites (tertiary alicyclic amines) is 1. The number of amides is 1. The van der Waals surface area contributed by atoms with Gasteiger partial charge in [-0.15, -0.1) is 0 Å². The van der Waals surface area contributed by atoms with Crippen LogP contribution in [0.1, 0.15) is 51.8 Å². The molecule has 6 rings (SSSR count). The van der Waals surface area contributed by atoms with Gasteiger partial charge < -0.3 is 15.0 Å². The van der Waals surface area contributed by atoms with Gasteiger partial charge in [-0.3, -0.25) is 14.6 Å². The minimum Gasteiger partial charge on any atom is -0.489 e. The molecule has 0 bridgehead atoms. The highest BCUT2D eigenvalue weighted by atomic mass is 16.5. The Labute approximate surface area is 268 Å². The van der Waals surface area contributed by atoms with Crippen LogP contribution in [0.4, 0.5) is 0 Å². The third-order valence-corrected chi connectivity index (χ3v) is 9.32. The fourth-order valence-corrected chi connectivity index (χ4v) is 6.77. The van der Waals surface area contributed by atoms with E-state index in [1.165, 1.54) is 16.7 Å². The van der Waals surface area contributed by atoms with Crippen LogP contribution in [-0.4, -0.2) is 86.1 Å². The van der Waals surface area contributed by atoms with E-state index in [-0.39, 0.29) is 18.1 Å². The van der Waals surface area contributed by atoms with Crippen LogP contribution < -0.4 is 10.1 Å². The van der Waals surface area contributed by atoms with Gasteiger partial charge in [-0.25, -0.2) is 0 Å². The molecule has 2 unspecified atom stereocenters. The summed E-state index contributed by atoms with van der Waals surface area (Å²) in [7, 11) is 2.17. The van der Waals surface area contributed by atoms with E-state index in [9.17, 15) is 4.79 Å². The summed E-state index contributed by atoms with van der Waals surface area (Å²) < 4.78 is 6.53. The highest BCUT2D eigenvalue weighted by Gasteiger charge is 2.27. The number of nitrogens with zero attached hydrogens (tertiary/aromatic N) is 3. The Morgan fingerprint density at radius 3 is 2.04 bits per heavy atom. The molecule has 2 aliphatic heterocycles. The van der Waals surface area contributed by atoms with Crippen LogP contribution in [0.25, 0.3) is 0 Å². The number of carbonyl (C=O) groups excluding carboxylic acids is 1. The molecule has 0 spiro atoms. The number of rotatable bonds is 11. The molecule has 1 N–H and O–H groups in total. The van der Waals surface area contributed by atoms with Crippen molar-refractivity contribution in [3.63, 3.8) is 0 Å². The van der Waals surface area contributed by atoms with E-state index in [4.69, 9.17) is 4.74 Å². The highest BCUT2D eigenvalue weighted by molar-refractivity contribution is 5.94. The van der Waals surface area contributed by atoms with Crippen molar-refractivity contribution in [1.29, 1.82) is 0 Å². The van der Waals surface area contributed by atoms with Gasteiger partial charge in [0.15, 0.2) is 0 Å². The molecule has 4 aromatic rings. The van der Waals surface area contributed by atoms with Crippen molar-refractivity contribution >= 4 is 5.91 Å². The third-order valence-electron chi connectivity index (χ3n) is 9.32. The van der Waals surface area contributed by atoms with E-state index in [1.807, 2.05) is 30.3 Å². The summed E-state index contributed by atoms with van der Waals surface area (Å²) in [5.41, 5.74) is 4.56. The number of ether oxygens (including phenoxy) is 1. The van der Waals surface area contributed by atoms with Crippen molar-refractivity contribution in [2.75, 3.05) is 59.4 Å². The van der Waals surface area contributed by atoms with Crippen LogP contribution in [0.2, 0.25) is 0 Å². The Morgan fingerprint density at radius 2 is 1.40 bits per heavy atom. The van der Waals surface area contributed by atoms with Crippen LogP contribution in [0.3, 0.4) is 0 Å². The van der Waals surface area contributed by atoms with Crippen molar-refractivity contribution < 1.29 is 9.53 Å². The second-order valence-corrected chi connectivity index (χ2v) is 12.5. The molecule has 6 nitrogen and oxygen atoms in total. The van der Waals surface area contributed by atoms with E-state index in [2.05, 4.69) is 112 Å². The highest BCUT2D eigenvalue weighted by Crippen LogP contribution is 2.28. The first kappa shape index (κ1) is 31.0. The number of nitrogens with one attached hydrogen (secondary N) is 1. The van der Waals surface area contributed by atoms with Gasteiger partial charge in [0.25, 0.3) is 5.91 Å². The van der Waals surface area contributed by atoms with Gasteiger partial charge in [-0.05, 0) is 61.3 Å². The molecule has 0 saturated carbocycles. The minimum absolute atomic E-state index is 0.0608. The van der Waals surface area contributed by atoms with Gasteiger partial charge in [0.05, 0.1) is 6.04 Å². The average Bonchev–Trinajstić information content (AvgIpc) is 3.09. The molecular formula is C39H46N4O2. The first-order valence-corrected chi connectivity index (χ1v) is 16.5. The lowest BCUT2D eigenvalue weighted by atomic mass is 9.90. The zero-order valence-corrected chi connectivity index (χ0v) is 26.4. The number of hydrogen-bond acceptors (Lipinski definition) is 5. The molecule has 4 aromatic carbocycles. The van der Waals surface area contributed by atoms with E-state index in [0.29, 0.717) is 18.0 Å². The van der Waals surface area contributed by atoms with Crippen LogP contribution >= 0.6 is 0 Å². The Hall–Kier alpha value is -3.97. The summed E-state index contributed by atoms with van der Waals surface area (Å²) >= 11 is 0.